The third kappa shape index (κ3) is 3.76. The summed E-state index contributed by atoms with van der Waals surface area (Å²) < 4.78 is 10.7. The van der Waals surface area contributed by atoms with Crippen LogP contribution in [0.5, 0.6) is 11.5 Å². The van der Waals surface area contributed by atoms with E-state index in [4.69, 9.17) is 14.7 Å². The van der Waals surface area contributed by atoms with Crippen molar-refractivity contribution in [2.75, 3.05) is 19.0 Å². The second-order valence-corrected chi connectivity index (χ2v) is 4.65. The third-order valence-corrected chi connectivity index (χ3v) is 3.00. The molecule has 0 spiro atoms. The normalized spacial score (nSPS) is 9.68. The fourth-order valence-electron chi connectivity index (χ4n) is 1.91. The molecule has 5 nitrogen and oxygen atoms in total. The van der Waals surface area contributed by atoms with Crippen molar-refractivity contribution in [2.45, 2.75) is 6.92 Å². The van der Waals surface area contributed by atoms with Gasteiger partial charge in [0, 0.05) is 0 Å². The standard InChI is InChI=1S/C17H16N2O3/c1-12-7-8-15(16(9-12)21-2)22-11-17(20)19-14-6-4-3-5-13(14)10-18/h3-9H,11H2,1-2H3,(H,19,20). The van der Waals surface area contributed by atoms with Crippen molar-refractivity contribution in [1.82, 2.24) is 0 Å². The van der Waals surface area contributed by atoms with Gasteiger partial charge in [-0.1, -0.05) is 18.2 Å². The monoisotopic (exact) mass is 296 g/mol. The van der Waals surface area contributed by atoms with Crippen molar-refractivity contribution in [2.24, 2.45) is 0 Å². The molecule has 112 valence electrons. The minimum Gasteiger partial charge on any atom is -0.493 e. The molecule has 0 fully saturated rings. The van der Waals surface area contributed by atoms with Crippen molar-refractivity contribution in [3.63, 3.8) is 0 Å². The highest BCUT2D eigenvalue weighted by Gasteiger charge is 2.09. The number of methoxy groups -OCH3 is 1. The van der Waals surface area contributed by atoms with Gasteiger partial charge in [-0.3, -0.25) is 4.79 Å². The Kier molecular flexibility index (Phi) is 4.99. The molecule has 0 aliphatic heterocycles. The number of hydrogen-bond acceptors (Lipinski definition) is 4. The Hall–Kier alpha value is -3.00. The van der Waals surface area contributed by atoms with Crippen LogP contribution >= 0.6 is 0 Å². The Morgan fingerprint density at radius 3 is 2.73 bits per heavy atom. The maximum Gasteiger partial charge on any atom is 0.262 e. The van der Waals surface area contributed by atoms with Crippen LogP contribution in [-0.4, -0.2) is 19.6 Å². The summed E-state index contributed by atoms with van der Waals surface area (Å²) in [7, 11) is 1.55. The minimum atomic E-state index is -0.342. The van der Waals surface area contributed by atoms with Crippen molar-refractivity contribution in [3.8, 4) is 17.6 Å². The number of anilines is 1. The predicted octanol–water partition coefficient (Wildman–Crippen LogP) is 2.89. The van der Waals surface area contributed by atoms with E-state index < -0.39 is 0 Å². The maximum absolute atomic E-state index is 11.9. The van der Waals surface area contributed by atoms with Crippen LogP contribution in [0.2, 0.25) is 0 Å². The number of hydrogen-bond donors (Lipinski definition) is 1. The lowest BCUT2D eigenvalue weighted by Crippen LogP contribution is -2.20. The largest absolute Gasteiger partial charge is 0.493 e. The van der Waals surface area contributed by atoms with Gasteiger partial charge in [0.25, 0.3) is 5.91 Å². The van der Waals surface area contributed by atoms with Gasteiger partial charge in [0.2, 0.25) is 0 Å². The topological polar surface area (TPSA) is 71.3 Å². The number of nitrogens with one attached hydrogen (secondary N) is 1. The lowest BCUT2D eigenvalue weighted by atomic mass is 10.2. The molecule has 22 heavy (non-hydrogen) atoms. The number of para-hydroxylation sites is 1. The Labute approximate surface area is 129 Å². The van der Waals surface area contributed by atoms with Gasteiger partial charge in [-0.05, 0) is 36.8 Å². The zero-order valence-electron chi connectivity index (χ0n) is 12.4. The van der Waals surface area contributed by atoms with Crippen molar-refractivity contribution in [1.29, 1.82) is 5.26 Å². The van der Waals surface area contributed by atoms with E-state index in [-0.39, 0.29) is 12.5 Å². The minimum absolute atomic E-state index is 0.167. The number of nitrogens with zero attached hydrogens (tertiary/aromatic N) is 1. The zero-order chi connectivity index (χ0) is 15.9. The van der Waals surface area contributed by atoms with Gasteiger partial charge >= 0.3 is 0 Å². The number of carbonyl (C=O) groups is 1. The van der Waals surface area contributed by atoms with Gasteiger partial charge < -0.3 is 14.8 Å². The van der Waals surface area contributed by atoms with Gasteiger partial charge in [-0.15, -0.1) is 0 Å². The molecule has 0 radical (unpaired) electrons. The fourth-order valence-corrected chi connectivity index (χ4v) is 1.91. The van der Waals surface area contributed by atoms with E-state index in [1.807, 2.05) is 25.1 Å². The molecule has 0 saturated carbocycles. The molecule has 2 aromatic rings. The van der Waals surface area contributed by atoms with Gasteiger partial charge in [0.1, 0.15) is 6.07 Å². The maximum atomic E-state index is 11.9. The van der Waals surface area contributed by atoms with Crippen LogP contribution in [0.1, 0.15) is 11.1 Å². The Morgan fingerprint density at radius 1 is 1.23 bits per heavy atom. The van der Waals surface area contributed by atoms with E-state index in [2.05, 4.69) is 5.32 Å². The third-order valence-electron chi connectivity index (χ3n) is 3.00. The molecule has 2 aromatic carbocycles. The van der Waals surface area contributed by atoms with E-state index in [9.17, 15) is 4.79 Å². The summed E-state index contributed by atoms with van der Waals surface area (Å²) in [6, 6.07) is 14.3. The SMILES string of the molecule is COc1cc(C)ccc1OCC(=O)Nc1ccccc1C#N. The number of benzene rings is 2. The first-order valence-corrected chi connectivity index (χ1v) is 6.70. The lowest BCUT2D eigenvalue weighted by molar-refractivity contribution is -0.118. The second-order valence-electron chi connectivity index (χ2n) is 4.65. The summed E-state index contributed by atoms with van der Waals surface area (Å²) in [5, 5.41) is 11.6. The molecule has 0 unspecified atom stereocenters. The zero-order valence-corrected chi connectivity index (χ0v) is 12.4. The molecule has 0 bridgehead atoms. The number of nitriles is 1. The Balaban J connectivity index is 2.00. The number of carbonyl (C=O) groups excluding carboxylic acids is 1. The smallest absolute Gasteiger partial charge is 0.262 e. The first kappa shape index (κ1) is 15.4. The number of aryl methyl sites for hydroxylation is 1. The van der Waals surface area contributed by atoms with Crippen LogP contribution in [0.4, 0.5) is 5.69 Å². The molecule has 0 aromatic heterocycles. The molecule has 0 heterocycles. The fraction of sp³-hybridized carbons (Fsp3) is 0.176. The van der Waals surface area contributed by atoms with Gasteiger partial charge in [0.05, 0.1) is 18.4 Å². The highest BCUT2D eigenvalue weighted by atomic mass is 16.5. The van der Waals surface area contributed by atoms with E-state index >= 15 is 0 Å². The number of rotatable bonds is 5. The van der Waals surface area contributed by atoms with Crippen LogP contribution in [0.25, 0.3) is 0 Å². The highest BCUT2D eigenvalue weighted by Crippen LogP contribution is 2.27. The first-order chi connectivity index (χ1) is 10.6. The molecule has 0 saturated heterocycles. The van der Waals surface area contributed by atoms with Crippen molar-refractivity contribution >= 4 is 11.6 Å². The summed E-state index contributed by atoms with van der Waals surface area (Å²) in [6.45, 7) is 1.77. The lowest BCUT2D eigenvalue weighted by Gasteiger charge is -2.11. The summed E-state index contributed by atoms with van der Waals surface area (Å²) in [5.74, 6) is 0.729. The van der Waals surface area contributed by atoms with Crippen molar-refractivity contribution in [3.05, 3.63) is 53.6 Å². The highest BCUT2D eigenvalue weighted by molar-refractivity contribution is 5.93. The molecule has 0 aliphatic rings. The summed E-state index contributed by atoms with van der Waals surface area (Å²) in [4.78, 5) is 11.9. The van der Waals surface area contributed by atoms with Crippen LogP contribution in [0.3, 0.4) is 0 Å². The molecular formula is C17H16N2O3. The average Bonchev–Trinajstić information content (AvgIpc) is 2.54. The van der Waals surface area contributed by atoms with Gasteiger partial charge in [-0.2, -0.15) is 5.26 Å². The summed E-state index contributed by atoms with van der Waals surface area (Å²) in [6.07, 6.45) is 0. The molecule has 0 aliphatic carbocycles. The van der Waals surface area contributed by atoms with E-state index in [0.29, 0.717) is 22.7 Å². The van der Waals surface area contributed by atoms with Gasteiger partial charge in [-0.25, -0.2) is 0 Å². The second kappa shape index (κ2) is 7.14. The molecule has 2 rings (SSSR count). The molecule has 1 N–H and O–H groups in total. The van der Waals surface area contributed by atoms with E-state index in [1.165, 1.54) is 0 Å². The quantitative estimate of drug-likeness (QED) is 0.921. The number of ether oxygens (including phenoxy) is 2. The average molecular weight is 296 g/mol. The molecular weight excluding hydrogens is 280 g/mol. The molecule has 0 atom stereocenters. The van der Waals surface area contributed by atoms with Crippen LogP contribution in [-0.2, 0) is 4.79 Å². The van der Waals surface area contributed by atoms with Crippen LogP contribution in [0.15, 0.2) is 42.5 Å². The summed E-state index contributed by atoms with van der Waals surface area (Å²) in [5.41, 5.74) is 1.91. The first-order valence-electron chi connectivity index (χ1n) is 6.70. The Morgan fingerprint density at radius 2 is 2.00 bits per heavy atom. The van der Waals surface area contributed by atoms with Crippen LogP contribution in [0, 0.1) is 18.3 Å². The van der Waals surface area contributed by atoms with Crippen LogP contribution < -0.4 is 14.8 Å². The number of amides is 1. The summed E-state index contributed by atoms with van der Waals surface area (Å²) >= 11 is 0. The van der Waals surface area contributed by atoms with Crippen molar-refractivity contribution < 1.29 is 14.3 Å². The molecule has 5 heteroatoms. The Bertz CT molecular complexity index is 720. The molecule has 1 amide bonds. The van der Waals surface area contributed by atoms with Gasteiger partial charge in [0.15, 0.2) is 18.1 Å². The van der Waals surface area contributed by atoms with E-state index in [1.54, 1.807) is 37.4 Å². The predicted molar refractivity (Wildman–Crippen MR) is 83.0 cm³/mol. The van der Waals surface area contributed by atoms with E-state index in [0.717, 1.165) is 5.56 Å².